The number of rotatable bonds is 5. The Morgan fingerprint density at radius 3 is 2.86 bits per heavy atom. The second-order valence-corrected chi connectivity index (χ2v) is 3.36. The molecule has 0 spiro atoms. The number of nitrogens with zero attached hydrogens (tertiary/aromatic N) is 1. The van der Waals surface area contributed by atoms with Crippen LogP contribution in [-0.2, 0) is 6.42 Å². The lowest BCUT2D eigenvalue weighted by Crippen LogP contribution is -2.04. The van der Waals surface area contributed by atoms with Crippen LogP contribution in [-0.4, -0.2) is 18.1 Å². The summed E-state index contributed by atoms with van der Waals surface area (Å²) in [5.41, 5.74) is 6.36. The molecule has 1 aromatic rings. The van der Waals surface area contributed by atoms with E-state index in [1.54, 1.807) is 6.20 Å². The van der Waals surface area contributed by atoms with Crippen molar-refractivity contribution in [3.05, 3.63) is 35.6 Å². The summed E-state index contributed by atoms with van der Waals surface area (Å²) in [6.45, 7) is 4.43. The molecule has 3 nitrogen and oxygen atoms in total. The summed E-state index contributed by atoms with van der Waals surface area (Å²) >= 11 is 5.55. The van der Waals surface area contributed by atoms with Crippen LogP contribution in [0.4, 0.5) is 0 Å². The van der Waals surface area contributed by atoms with Gasteiger partial charge >= 0.3 is 0 Å². The summed E-state index contributed by atoms with van der Waals surface area (Å²) in [6.07, 6.45) is 2.44. The average molecular weight is 213 g/mol. The number of hydrogen-bond donors (Lipinski definition) is 1. The highest BCUT2D eigenvalue weighted by Gasteiger charge is 1.96. The van der Waals surface area contributed by atoms with Crippen LogP contribution in [0.25, 0.3) is 0 Å². The van der Waals surface area contributed by atoms with Crippen LogP contribution in [0.3, 0.4) is 0 Å². The summed E-state index contributed by atoms with van der Waals surface area (Å²) in [4.78, 5) is 4.17. The molecule has 1 heterocycles. The van der Waals surface area contributed by atoms with Gasteiger partial charge in [-0.25, -0.2) is 0 Å². The van der Waals surface area contributed by atoms with Crippen molar-refractivity contribution in [3.63, 3.8) is 0 Å². The van der Waals surface area contributed by atoms with Crippen molar-refractivity contribution in [2.75, 3.05) is 13.2 Å². The van der Waals surface area contributed by atoms with Crippen molar-refractivity contribution in [2.45, 2.75) is 6.42 Å². The average Bonchev–Trinajstić information content (AvgIpc) is 2.17. The van der Waals surface area contributed by atoms with E-state index in [9.17, 15) is 0 Å². The molecule has 0 unspecified atom stereocenters. The minimum absolute atomic E-state index is 0.305. The van der Waals surface area contributed by atoms with Crippen LogP contribution in [0.2, 0.25) is 0 Å². The van der Waals surface area contributed by atoms with Crippen LogP contribution >= 0.6 is 11.6 Å². The Kier molecular flexibility index (Phi) is 4.43. The molecule has 0 radical (unpaired) electrons. The van der Waals surface area contributed by atoms with Gasteiger partial charge in [-0.05, 0) is 18.7 Å². The molecule has 2 N–H and O–H groups in total. The van der Waals surface area contributed by atoms with Gasteiger partial charge in [-0.2, -0.15) is 0 Å². The first-order valence-corrected chi connectivity index (χ1v) is 4.71. The fourth-order valence-electron chi connectivity index (χ4n) is 0.954. The van der Waals surface area contributed by atoms with Gasteiger partial charge < -0.3 is 10.5 Å². The molecule has 0 bridgehead atoms. The molecule has 0 saturated carbocycles. The van der Waals surface area contributed by atoms with Crippen molar-refractivity contribution >= 4 is 11.6 Å². The molecule has 14 heavy (non-hydrogen) atoms. The second-order valence-electron chi connectivity index (χ2n) is 2.83. The molecule has 76 valence electrons. The lowest BCUT2D eigenvalue weighted by atomic mass is 10.3. The number of halogens is 1. The summed E-state index contributed by atoms with van der Waals surface area (Å²) in [7, 11) is 0. The third-order valence-electron chi connectivity index (χ3n) is 1.59. The smallest absolute Gasteiger partial charge is 0.138 e. The highest BCUT2D eigenvalue weighted by atomic mass is 35.5. The summed E-state index contributed by atoms with van der Waals surface area (Å²) < 4.78 is 5.28. The van der Waals surface area contributed by atoms with Gasteiger partial charge in [-0.3, -0.25) is 4.98 Å². The molecule has 1 rings (SSSR count). The lowest BCUT2D eigenvalue weighted by Gasteiger charge is -2.04. The molecule has 0 atom stereocenters. The highest BCUT2D eigenvalue weighted by Crippen LogP contribution is 2.11. The molecule has 0 aliphatic carbocycles. The van der Waals surface area contributed by atoms with E-state index in [0.29, 0.717) is 23.9 Å². The Bertz CT molecular complexity index is 297. The zero-order valence-electron chi connectivity index (χ0n) is 7.87. The van der Waals surface area contributed by atoms with Crippen molar-refractivity contribution < 1.29 is 4.74 Å². The van der Waals surface area contributed by atoms with E-state index in [0.717, 1.165) is 12.1 Å². The van der Waals surface area contributed by atoms with Crippen LogP contribution in [0, 0.1) is 0 Å². The summed E-state index contributed by atoms with van der Waals surface area (Å²) in [5.74, 6) is 0.688. The van der Waals surface area contributed by atoms with Crippen molar-refractivity contribution in [1.82, 2.24) is 4.98 Å². The van der Waals surface area contributed by atoms with Gasteiger partial charge in [0.25, 0.3) is 0 Å². The maximum Gasteiger partial charge on any atom is 0.138 e. The second kappa shape index (κ2) is 5.62. The molecule has 0 fully saturated rings. The minimum atomic E-state index is 0.305. The zero-order valence-corrected chi connectivity index (χ0v) is 8.63. The van der Waals surface area contributed by atoms with Crippen LogP contribution in [0.5, 0.6) is 5.75 Å². The number of aromatic nitrogens is 1. The molecule has 1 aromatic heterocycles. The minimum Gasteiger partial charge on any atom is -0.486 e. The Hall–Kier alpha value is -1.06. The fourth-order valence-corrected chi connectivity index (χ4v) is 1.01. The van der Waals surface area contributed by atoms with Gasteiger partial charge in [0, 0.05) is 17.1 Å². The number of hydrogen-bond acceptors (Lipinski definition) is 3. The maximum atomic E-state index is 5.55. The fraction of sp³-hybridized carbons (Fsp3) is 0.300. The largest absolute Gasteiger partial charge is 0.486 e. The first-order chi connectivity index (χ1) is 6.72. The number of ether oxygens (including phenoxy) is 1. The predicted octanol–water partition coefficient (Wildman–Crippen LogP) is 1.71. The van der Waals surface area contributed by atoms with E-state index in [2.05, 4.69) is 11.6 Å². The molecule has 0 amide bonds. The molecule has 0 aliphatic rings. The number of nitrogens with two attached hydrogens (primary N) is 1. The lowest BCUT2D eigenvalue weighted by molar-refractivity contribution is 0.358. The highest BCUT2D eigenvalue weighted by molar-refractivity contribution is 6.29. The first-order valence-electron chi connectivity index (χ1n) is 4.33. The Labute approximate surface area is 88.5 Å². The van der Waals surface area contributed by atoms with Gasteiger partial charge in [0.1, 0.15) is 12.4 Å². The first kappa shape index (κ1) is 11.0. The van der Waals surface area contributed by atoms with Crippen molar-refractivity contribution in [1.29, 1.82) is 0 Å². The standard InChI is InChI=1S/C10H13ClN2O/c1-8(11)7-14-10-3-2-9(4-5-12)13-6-10/h2-3,6H,1,4-5,7,12H2. The van der Waals surface area contributed by atoms with Gasteiger partial charge in [-0.1, -0.05) is 18.2 Å². The third kappa shape index (κ3) is 3.77. The maximum absolute atomic E-state index is 5.55. The monoisotopic (exact) mass is 212 g/mol. The Balaban J connectivity index is 2.50. The molecular weight excluding hydrogens is 200 g/mol. The van der Waals surface area contributed by atoms with Crippen molar-refractivity contribution in [3.8, 4) is 5.75 Å². The van der Waals surface area contributed by atoms with Crippen LogP contribution in [0.15, 0.2) is 29.9 Å². The topological polar surface area (TPSA) is 48.1 Å². The van der Waals surface area contributed by atoms with E-state index in [1.165, 1.54) is 0 Å². The molecule has 4 heteroatoms. The van der Waals surface area contributed by atoms with Crippen molar-refractivity contribution in [2.24, 2.45) is 5.73 Å². The number of pyridine rings is 1. The Morgan fingerprint density at radius 2 is 2.36 bits per heavy atom. The van der Waals surface area contributed by atoms with Gasteiger partial charge in [-0.15, -0.1) is 0 Å². The van der Waals surface area contributed by atoms with Gasteiger partial charge in [0.05, 0.1) is 6.20 Å². The van der Waals surface area contributed by atoms with Gasteiger partial charge in [0.2, 0.25) is 0 Å². The SMILES string of the molecule is C=C(Cl)COc1ccc(CCN)nc1. The quantitative estimate of drug-likeness (QED) is 0.809. The zero-order chi connectivity index (χ0) is 10.4. The van der Waals surface area contributed by atoms with E-state index in [-0.39, 0.29) is 0 Å². The van der Waals surface area contributed by atoms with E-state index >= 15 is 0 Å². The summed E-state index contributed by atoms with van der Waals surface area (Å²) in [5, 5.41) is 0.469. The van der Waals surface area contributed by atoms with E-state index in [1.807, 2.05) is 12.1 Å². The van der Waals surface area contributed by atoms with E-state index < -0.39 is 0 Å². The molecule has 0 aromatic carbocycles. The molecule has 0 saturated heterocycles. The summed E-state index contributed by atoms with van der Waals surface area (Å²) in [6, 6.07) is 3.73. The Morgan fingerprint density at radius 1 is 1.57 bits per heavy atom. The van der Waals surface area contributed by atoms with Crippen LogP contribution in [0.1, 0.15) is 5.69 Å². The van der Waals surface area contributed by atoms with E-state index in [4.69, 9.17) is 22.1 Å². The van der Waals surface area contributed by atoms with Crippen LogP contribution < -0.4 is 10.5 Å². The van der Waals surface area contributed by atoms with Gasteiger partial charge in [0.15, 0.2) is 0 Å². The third-order valence-corrected chi connectivity index (χ3v) is 1.70. The molecule has 0 aliphatic heterocycles. The normalized spacial score (nSPS) is 9.86. The predicted molar refractivity (Wildman–Crippen MR) is 57.5 cm³/mol. The molecular formula is C10H13ClN2O.